The number of benzene rings is 6. The largest absolute Gasteiger partial charge is 0.508 e. The Balaban J connectivity index is 0.000000243. The molecule has 0 aromatic heterocycles. The summed E-state index contributed by atoms with van der Waals surface area (Å²) in [5.74, 6) is -0.707. The number of Topliss-reactive ketones (excluding diaryl/α,β-unsaturated/α-hetero) is 2. The molecule has 3 N–H and O–H groups in total. The van der Waals surface area contributed by atoms with Gasteiger partial charge in [-0.15, -0.1) is 0 Å². The Morgan fingerprint density at radius 1 is 0.507 bits per heavy atom. The second kappa shape index (κ2) is 24.6. The molecule has 0 saturated carbocycles. The number of phenols is 1. The zero-order valence-corrected chi connectivity index (χ0v) is 40.9. The summed E-state index contributed by atoms with van der Waals surface area (Å²) in [5.41, 5.74) is 3.57. The molecule has 12 nitrogen and oxygen atoms in total. The maximum Gasteiger partial charge on any atom is 0.308 e. The van der Waals surface area contributed by atoms with E-state index in [-0.39, 0.29) is 73.6 Å². The molecule has 0 bridgehead atoms. The smallest absolute Gasteiger partial charge is 0.308 e. The van der Waals surface area contributed by atoms with Crippen LogP contribution in [0, 0.1) is 13.8 Å². The Hall–Kier alpha value is -6.86. The number of aromatic hydroxyl groups is 1. The Labute approximate surface area is 400 Å². The Kier molecular flexibility index (Phi) is 19.4. The number of amides is 2. The van der Waals surface area contributed by atoms with Crippen LogP contribution in [-0.2, 0) is 19.1 Å². The number of ether oxygens (including phenoxy) is 3. The van der Waals surface area contributed by atoms with E-state index < -0.39 is 11.2 Å². The molecule has 6 aromatic carbocycles. The van der Waals surface area contributed by atoms with Crippen LogP contribution >= 0.6 is 15.9 Å². The van der Waals surface area contributed by atoms with Gasteiger partial charge >= 0.3 is 11.9 Å². The molecule has 0 saturated heterocycles. The summed E-state index contributed by atoms with van der Waals surface area (Å²) in [6.07, 6.45) is 0.224. The van der Waals surface area contributed by atoms with Crippen LogP contribution in [0.25, 0.3) is 21.5 Å². The van der Waals surface area contributed by atoms with Crippen LogP contribution < -0.4 is 15.4 Å². The third-order valence-electron chi connectivity index (χ3n) is 9.44. The first-order valence-electron chi connectivity index (χ1n) is 21.7. The topological polar surface area (TPSA) is 174 Å². The second-order valence-electron chi connectivity index (χ2n) is 17.7. The molecule has 67 heavy (non-hydrogen) atoms. The van der Waals surface area contributed by atoms with Gasteiger partial charge in [-0.1, -0.05) is 87.7 Å². The van der Waals surface area contributed by atoms with Gasteiger partial charge in [-0.3, -0.25) is 28.8 Å². The van der Waals surface area contributed by atoms with E-state index in [4.69, 9.17) is 19.3 Å². The number of hydrogen-bond acceptors (Lipinski definition) is 10. The van der Waals surface area contributed by atoms with Gasteiger partial charge in [0.25, 0.3) is 11.8 Å². The molecule has 0 aliphatic carbocycles. The van der Waals surface area contributed by atoms with E-state index in [1.165, 1.54) is 40.8 Å². The molecule has 0 fully saturated rings. The predicted molar refractivity (Wildman–Crippen MR) is 265 cm³/mol. The van der Waals surface area contributed by atoms with E-state index in [0.29, 0.717) is 27.8 Å². The van der Waals surface area contributed by atoms with Gasteiger partial charge in [0.2, 0.25) is 0 Å². The molecular weight excluding hydrogens is 917 g/mol. The van der Waals surface area contributed by atoms with Gasteiger partial charge in [0.15, 0.2) is 18.2 Å². The van der Waals surface area contributed by atoms with Crippen molar-refractivity contribution in [3.05, 3.63) is 155 Å². The lowest BCUT2D eigenvalue weighted by atomic mass is 10.0. The fourth-order valence-corrected chi connectivity index (χ4v) is 6.57. The van der Waals surface area contributed by atoms with Crippen molar-refractivity contribution in [2.75, 3.05) is 25.0 Å². The molecule has 2 amide bonds. The summed E-state index contributed by atoms with van der Waals surface area (Å²) in [7, 11) is 0. The van der Waals surface area contributed by atoms with Crippen molar-refractivity contribution < 1.29 is 48.1 Å². The standard InChI is InChI=1S/C27H29NO5.C14H19NO4.C13H11BrO/c1-18-5-6-21-16-22(8-7-20(21)15-18)24(29)17-32-23-11-9-19(10-12-23)26(31)28-14-13-25(30)33-27(2,3)4;1-14(2,3)19-12(17)8-9-15-13(18)10-4-6-11(16)7-5-10;1-9-2-3-11-7-12(13(15)8-14)5-4-10(11)6-9/h5-12,15-16H,13-14,17H2,1-4H3,(H,28,31);4-7,16H,8-9H2,1-3H3,(H,15,18);2-7H,8H2,1H3. The van der Waals surface area contributed by atoms with Crippen molar-refractivity contribution >= 4 is 72.8 Å². The molecule has 352 valence electrons. The van der Waals surface area contributed by atoms with Crippen molar-refractivity contribution in [3.8, 4) is 11.5 Å². The van der Waals surface area contributed by atoms with Crippen LogP contribution in [-0.4, -0.2) is 76.7 Å². The summed E-state index contributed by atoms with van der Waals surface area (Å²) in [5, 5.41) is 19.2. The van der Waals surface area contributed by atoms with Gasteiger partial charge in [-0.25, -0.2) is 0 Å². The maximum absolute atomic E-state index is 12.5. The van der Waals surface area contributed by atoms with Crippen molar-refractivity contribution in [2.45, 2.75) is 79.4 Å². The summed E-state index contributed by atoms with van der Waals surface area (Å²) in [6, 6.07) is 36.1. The van der Waals surface area contributed by atoms with Crippen LogP contribution in [0.4, 0.5) is 0 Å². The van der Waals surface area contributed by atoms with Crippen LogP contribution in [0.3, 0.4) is 0 Å². The van der Waals surface area contributed by atoms with Gasteiger partial charge in [0, 0.05) is 35.3 Å². The van der Waals surface area contributed by atoms with E-state index in [9.17, 15) is 28.8 Å². The number of carbonyl (C=O) groups excluding carboxylic acids is 6. The summed E-state index contributed by atoms with van der Waals surface area (Å²) < 4.78 is 15.9. The zero-order chi connectivity index (χ0) is 49.3. The number of alkyl halides is 1. The number of rotatable bonds is 14. The summed E-state index contributed by atoms with van der Waals surface area (Å²) in [6.45, 7) is 15.2. The monoisotopic (exact) mass is 974 g/mol. The Morgan fingerprint density at radius 3 is 1.30 bits per heavy atom. The average Bonchev–Trinajstić information content (AvgIpc) is 3.27. The van der Waals surface area contributed by atoms with E-state index in [1.807, 2.05) is 49.4 Å². The molecule has 0 unspecified atom stereocenters. The van der Waals surface area contributed by atoms with Crippen LogP contribution in [0.2, 0.25) is 0 Å². The number of ketones is 2. The van der Waals surface area contributed by atoms with E-state index >= 15 is 0 Å². The fourth-order valence-electron chi connectivity index (χ4n) is 6.25. The zero-order valence-electron chi connectivity index (χ0n) is 39.3. The molecule has 6 aromatic rings. The molecule has 0 spiro atoms. The molecule has 0 aliphatic heterocycles. The number of halogens is 1. The van der Waals surface area contributed by atoms with Crippen molar-refractivity contribution in [1.29, 1.82) is 0 Å². The highest BCUT2D eigenvalue weighted by Gasteiger charge is 2.18. The first-order chi connectivity index (χ1) is 31.6. The number of carbonyl (C=O) groups is 6. The molecular formula is C54H59BrN2O10. The van der Waals surface area contributed by atoms with Gasteiger partial charge in [-0.05, 0) is 138 Å². The lowest BCUT2D eigenvalue weighted by Crippen LogP contribution is -2.29. The lowest BCUT2D eigenvalue weighted by molar-refractivity contribution is -0.155. The third-order valence-corrected chi connectivity index (χ3v) is 9.95. The normalized spacial score (nSPS) is 10.9. The molecule has 6 rings (SSSR count). The third kappa shape index (κ3) is 18.5. The highest BCUT2D eigenvalue weighted by atomic mass is 79.9. The van der Waals surface area contributed by atoms with Gasteiger partial charge in [0.05, 0.1) is 18.2 Å². The minimum Gasteiger partial charge on any atom is -0.508 e. The molecule has 0 heterocycles. The highest BCUT2D eigenvalue weighted by molar-refractivity contribution is 9.09. The van der Waals surface area contributed by atoms with E-state index in [1.54, 1.807) is 71.9 Å². The minimum absolute atomic E-state index is 0.0979. The predicted octanol–water partition coefficient (Wildman–Crippen LogP) is 10.5. The minimum atomic E-state index is -0.550. The quantitative estimate of drug-likeness (QED) is 0.0541. The van der Waals surface area contributed by atoms with E-state index in [2.05, 4.69) is 57.8 Å². The molecule has 0 aliphatic rings. The van der Waals surface area contributed by atoms with Crippen LogP contribution in [0.5, 0.6) is 11.5 Å². The summed E-state index contributed by atoms with van der Waals surface area (Å²) in [4.78, 5) is 71.1. The SMILES string of the molecule is CC(C)(C)OC(=O)CCNC(=O)c1ccc(O)cc1.Cc1ccc2cc(C(=O)CBr)ccc2c1.Cc1ccc2cc(C(=O)COc3ccc(C(=O)NCCC(=O)OC(C)(C)C)cc3)ccc2c1. The number of phenolic OH excluding ortho intramolecular Hbond substituents is 1. The first kappa shape index (κ1) is 52.8. The number of nitrogens with one attached hydrogen (secondary N) is 2. The van der Waals surface area contributed by atoms with Crippen LogP contribution in [0.15, 0.2) is 121 Å². The Bertz CT molecular complexity index is 2680. The second-order valence-corrected chi connectivity index (χ2v) is 18.2. The van der Waals surface area contributed by atoms with Crippen LogP contribution in [0.1, 0.15) is 107 Å². The molecule has 13 heteroatoms. The van der Waals surface area contributed by atoms with Gasteiger partial charge in [0.1, 0.15) is 22.7 Å². The van der Waals surface area contributed by atoms with Crippen molar-refractivity contribution in [2.24, 2.45) is 0 Å². The highest BCUT2D eigenvalue weighted by Crippen LogP contribution is 2.21. The number of fused-ring (bicyclic) bond motifs is 2. The first-order valence-corrected chi connectivity index (χ1v) is 22.9. The Morgan fingerprint density at radius 2 is 0.881 bits per heavy atom. The summed E-state index contributed by atoms with van der Waals surface area (Å²) >= 11 is 3.18. The van der Waals surface area contributed by atoms with Gasteiger partial charge in [-0.2, -0.15) is 0 Å². The maximum atomic E-state index is 12.5. The number of esters is 2. The van der Waals surface area contributed by atoms with Gasteiger partial charge < -0.3 is 30.0 Å². The average molecular weight is 976 g/mol. The fraction of sp³-hybridized carbons (Fsp3) is 0.296. The molecule has 0 radical (unpaired) electrons. The lowest BCUT2D eigenvalue weighted by Gasteiger charge is -2.19. The molecule has 0 atom stereocenters. The van der Waals surface area contributed by atoms with Crippen molar-refractivity contribution in [1.82, 2.24) is 10.6 Å². The number of hydrogen-bond donors (Lipinski definition) is 3. The van der Waals surface area contributed by atoms with Crippen molar-refractivity contribution in [3.63, 3.8) is 0 Å². The van der Waals surface area contributed by atoms with E-state index in [0.717, 1.165) is 21.7 Å². The number of aryl methyl sites for hydroxylation is 2.